The first kappa shape index (κ1) is 14.8. The van der Waals surface area contributed by atoms with Gasteiger partial charge in [0, 0.05) is 7.05 Å². The van der Waals surface area contributed by atoms with Crippen LogP contribution < -0.4 is 21.1 Å². The minimum absolute atomic E-state index is 0.329. The molecule has 21 heavy (non-hydrogen) atoms. The summed E-state index contributed by atoms with van der Waals surface area (Å²) >= 11 is 4.94. The molecule has 2 aromatic carbocycles. The summed E-state index contributed by atoms with van der Waals surface area (Å²) in [5.74, 6) is 0. The maximum Gasteiger partial charge on any atom is 0.345 e. The average Bonchev–Trinajstić information content (AvgIpc) is 2.55. The largest absolute Gasteiger partial charge is 0.364 e. The van der Waals surface area contributed by atoms with Gasteiger partial charge in [0.1, 0.15) is 0 Å². The van der Waals surface area contributed by atoms with E-state index in [0.29, 0.717) is 5.11 Å². The molecule has 2 amide bonds. The molecule has 0 spiro atoms. The number of benzene rings is 2. The molecule has 0 atom stereocenters. The van der Waals surface area contributed by atoms with E-state index in [9.17, 15) is 4.79 Å². The van der Waals surface area contributed by atoms with E-state index < -0.39 is 0 Å². The van der Waals surface area contributed by atoms with E-state index in [0.717, 1.165) is 11.4 Å². The van der Waals surface area contributed by atoms with Crippen LogP contribution in [0.25, 0.3) is 0 Å². The summed E-state index contributed by atoms with van der Waals surface area (Å²) in [4.78, 5) is 14.0. The summed E-state index contributed by atoms with van der Waals surface area (Å²) in [7, 11) is 1.67. The average molecular weight is 300 g/mol. The van der Waals surface area contributed by atoms with Gasteiger partial charge in [0.2, 0.25) is 0 Å². The molecule has 2 aromatic rings. The van der Waals surface area contributed by atoms with Crippen molar-refractivity contribution in [3.05, 3.63) is 60.7 Å². The molecular formula is C15H16N4OS. The van der Waals surface area contributed by atoms with E-state index in [-0.39, 0.29) is 6.03 Å². The third kappa shape index (κ3) is 3.93. The minimum Gasteiger partial charge on any atom is -0.364 e. The SMILES string of the molecule is CNC(=S)NNC(=O)N(c1ccccc1)c1ccccc1. The van der Waals surface area contributed by atoms with Gasteiger partial charge in [-0.1, -0.05) is 36.4 Å². The van der Waals surface area contributed by atoms with Crippen molar-refractivity contribution in [2.45, 2.75) is 0 Å². The predicted molar refractivity (Wildman–Crippen MR) is 88.3 cm³/mol. The van der Waals surface area contributed by atoms with E-state index in [2.05, 4.69) is 16.2 Å². The van der Waals surface area contributed by atoms with Crippen LogP contribution in [-0.4, -0.2) is 18.2 Å². The number of hydrazine groups is 1. The van der Waals surface area contributed by atoms with E-state index in [1.54, 1.807) is 11.9 Å². The zero-order chi connectivity index (χ0) is 15.1. The van der Waals surface area contributed by atoms with Gasteiger partial charge in [-0.05, 0) is 36.5 Å². The molecule has 0 saturated heterocycles. The Balaban J connectivity index is 2.25. The number of rotatable bonds is 2. The molecule has 0 aliphatic carbocycles. The van der Waals surface area contributed by atoms with Crippen LogP contribution in [0, 0.1) is 0 Å². The molecule has 0 saturated carbocycles. The van der Waals surface area contributed by atoms with E-state index in [4.69, 9.17) is 12.2 Å². The highest BCUT2D eigenvalue weighted by Gasteiger charge is 2.17. The van der Waals surface area contributed by atoms with Gasteiger partial charge in [-0.2, -0.15) is 0 Å². The van der Waals surface area contributed by atoms with Crippen molar-refractivity contribution in [3.8, 4) is 0 Å². The Kier molecular flexibility index (Phi) is 5.11. The summed E-state index contributed by atoms with van der Waals surface area (Å²) in [5, 5.41) is 3.06. The van der Waals surface area contributed by atoms with Crippen LogP contribution in [-0.2, 0) is 0 Å². The van der Waals surface area contributed by atoms with Crippen molar-refractivity contribution in [3.63, 3.8) is 0 Å². The van der Waals surface area contributed by atoms with Crippen molar-refractivity contribution >= 4 is 34.7 Å². The lowest BCUT2D eigenvalue weighted by Crippen LogP contribution is -2.50. The number of carbonyl (C=O) groups excluding carboxylic acids is 1. The summed E-state index contributed by atoms with van der Waals surface area (Å²) in [6.07, 6.45) is 0. The Morgan fingerprint density at radius 3 is 1.81 bits per heavy atom. The first-order chi connectivity index (χ1) is 10.2. The number of nitrogens with zero attached hydrogens (tertiary/aromatic N) is 1. The van der Waals surface area contributed by atoms with Gasteiger partial charge in [-0.15, -0.1) is 0 Å². The van der Waals surface area contributed by atoms with Crippen LogP contribution in [0.15, 0.2) is 60.7 Å². The highest BCUT2D eigenvalue weighted by Crippen LogP contribution is 2.24. The first-order valence-corrected chi connectivity index (χ1v) is 6.81. The smallest absolute Gasteiger partial charge is 0.345 e. The van der Waals surface area contributed by atoms with E-state index >= 15 is 0 Å². The molecule has 0 aromatic heterocycles. The van der Waals surface area contributed by atoms with Gasteiger partial charge in [0.15, 0.2) is 5.11 Å². The Labute approximate surface area is 128 Å². The van der Waals surface area contributed by atoms with Gasteiger partial charge >= 0.3 is 6.03 Å². The van der Waals surface area contributed by atoms with Gasteiger partial charge in [-0.3, -0.25) is 10.3 Å². The summed E-state index contributed by atoms with van der Waals surface area (Å²) < 4.78 is 0. The molecule has 3 N–H and O–H groups in total. The van der Waals surface area contributed by atoms with Gasteiger partial charge < -0.3 is 5.32 Å². The fourth-order valence-corrected chi connectivity index (χ4v) is 1.82. The maximum atomic E-state index is 12.4. The van der Waals surface area contributed by atoms with Gasteiger partial charge in [0.25, 0.3) is 0 Å². The van der Waals surface area contributed by atoms with Gasteiger partial charge in [0.05, 0.1) is 11.4 Å². The molecule has 5 nitrogen and oxygen atoms in total. The molecule has 2 rings (SSSR count). The molecule has 0 unspecified atom stereocenters. The number of urea groups is 1. The van der Waals surface area contributed by atoms with E-state index in [1.807, 2.05) is 60.7 Å². The zero-order valence-corrected chi connectivity index (χ0v) is 12.4. The highest BCUT2D eigenvalue weighted by atomic mass is 32.1. The second-order valence-corrected chi connectivity index (χ2v) is 4.55. The fourth-order valence-electron chi connectivity index (χ4n) is 1.77. The predicted octanol–water partition coefficient (Wildman–Crippen LogP) is 2.54. The molecule has 0 bridgehead atoms. The summed E-state index contributed by atoms with van der Waals surface area (Å²) in [6, 6.07) is 18.4. The monoisotopic (exact) mass is 300 g/mol. The lowest BCUT2D eigenvalue weighted by Gasteiger charge is -2.23. The number of hydrogen-bond donors (Lipinski definition) is 3. The number of para-hydroxylation sites is 2. The topological polar surface area (TPSA) is 56.4 Å². The van der Waals surface area contributed by atoms with E-state index in [1.165, 1.54) is 0 Å². The zero-order valence-electron chi connectivity index (χ0n) is 11.5. The first-order valence-electron chi connectivity index (χ1n) is 6.40. The Morgan fingerprint density at radius 1 is 0.905 bits per heavy atom. The Bertz CT molecular complexity index is 564. The molecule has 108 valence electrons. The molecule has 0 fully saturated rings. The third-order valence-corrected chi connectivity index (χ3v) is 3.05. The summed E-state index contributed by atoms with van der Waals surface area (Å²) in [5.41, 5.74) is 6.72. The number of thiocarbonyl (C=S) groups is 1. The number of anilines is 2. The van der Waals surface area contributed by atoms with Crippen LogP contribution in [0.2, 0.25) is 0 Å². The number of carbonyl (C=O) groups is 1. The van der Waals surface area contributed by atoms with Crippen LogP contribution in [0.5, 0.6) is 0 Å². The molecular weight excluding hydrogens is 284 g/mol. The van der Waals surface area contributed by atoms with Crippen molar-refractivity contribution in [2.24, 2.45) is 0 Å². The normalized spacial score (nSPS) is 9.57. The lowest BCUT2D eigenvalue weighted by atomic mass is 10.2. The minimum atomic E-state index is -0.329. The lowest BCUT2D eigenvalue weighted by molar-refractivity contribution is 0.247. The third-order valence-electron chi connectivity index (χ3n) is 2.74. The molecule has 0 aliphatic heterocycles. The van der Waals surface area contributed by atoms with Crippen LogP contribution in [0.3, 0.4) is 0 Å². The second kappa shape index (κ2) is 7.25. The van der Waals surface area contributed by atoms with Crippen molar-refractivity contribution < 1.29 is 4.79 Å². The number of amides is 2. The standard InChI is InChI=1S/C15H16N4OS/c1-16-14(21)17-18-15(20)19(12-8-4-2-5-9-12)13-10-6-3-7-11-13/h2-11H,1H3,(H,18,20)(H2,16,17,21). The maximum absolute atomic E-state index is 12.4. The van der Waals surface area contributed by atoms with Crippen LogP contribution >= 0.6 is 12.2 Å². The number of hydrogen-bond acceptors (Lipinski definition) is 2. The van der Waals surface area contributed by atoms with Crippen LogP contribution in [0.4, 0.5) is 16.2 Å². The molecule has 0 radical (unpaired) electrons. The molecule has 0 aliphatic rings. The van der Waals surface area contributed by atoms with Crippen molar-refractivity contribution in [1.82, 2.24) is 16.2 Å². The fraction of sp³-hybridized carbons (Fsp3) is 0.0667. The van der Waals surface area contributed by atoms with Crippen molar-refractivity contribution in [1.29, 1.82) is 0 Å². The Morgan fingerprint density at radius 2 is 1.38 bits per heavy atom. The molecule has 0 heterocycles. The summed E-state index contributed by atoms with van der Waals surface area (Å²) in [6.45, 7) is 0. The Hall–Kier alpha value is -2.60. The second-order valence-electron chi connectivity index (χ2n) is 4.14. The quantitative estimate of drug-likeness (QED) is 0.589. The van der Waals surface area contributed by atoms with Crippen LogP contribution in [0.1, 0.15) is 0 Å². The van der Waals surface area contributed by atoms with Crippen molar-refractivity contribution in [2.75, 3.05) is 11.9 Å². The highest BCUT2D eigenvalue weighted by molar-refractivity contribution is 7.80. The van der Waals surface area contributed by atoms with Gasteiger partial charge in [-0.25, -0.2) is 10.2 Å². The number of nitrogens with one attached hydrogen (secondary N) is 3. The molecule has 6 heteroatoms.